The number of likely N-dealkylation sites (N-methyl/N-ethyl adjacent to an activating group) is 1. The van der Waals surface area contributed by atoms with Gasteiger partial charge in [-0.2, -0.15) is 0 Å². The van der Waals surface area contributed by atoms with Crippen LogP contribution < -0.4 is 11.2 Å². The Morgan fingerprint density at radius 3 is 2.59 bits per heavy atom. The van der Waals surface area contributed by atoms with E-state index in [-0.39, 0.29) is 11.2 Å². The Bertz CT molecular complexity index is 772. The van der Waals surface area contributed by atoms with Crippen molar-refractivity contribution in [2.24, 2.45) is 14.1 Å². The third-order valence-corrected chi connectivity index (χ3v) is 4.54. The second-order valence-electron chi connectivity index (χ2n) is 5.51. The SMILES string of the molecule is CCC(CCl)N(C)CCn1cnc2c1c(=O)n(C)c(=O)n2C. The summed E-state index contributed by atoms with van der Waals surface area (Å²) in [5.74, 6) is 0.577. The predicted molar refractivity (Wildman–Crippen MR) is 87.6 cm³/mol. The minimum atomic E-state index is -0.368. The molecule has 22 heavy (non-hydrogen) atoms. The second-order valence-corrected chi connectivity index (χ2v) is 5.82. The molecule has 2 heterocycles. The van der Waals surface area contributed by atoms with Crippen molar-refractivity contribution in [3.63, 3.8) is 0 Å². The van der Waals surface area contributed by atoms with Crippen molar-refractivity contribution in [2.75, 3.05) is 19.5 Å². The van der Waals surface area contributed by atoms with E-state index in [2.05, 4.69) is 16.8 Å². The fourth-order valence-electron chi connectivity index (χ4n) is 2.55. The molecular weight excluding hydrogens is 306 g/mol. The molecule has 0 N–H and O–H groups in total. The Morgan fingerprint density at radius 2 is 2.00 bits per heavy atom. The summed E-state index contributed by atoms with van der Waals surface area (Å²) in [7, 11) is 5.12. The maximum Gasteiger partial charge on any atom is 0.332 e. The van der Waals surface area contributed by atoms with Crippen molar-refractivity contribution >= 4 is 22.8 Å². The van der Waals surface area contributed by atoms with Gasteiger partial charge in [0, 0.05) is 39.1 Å². The molecule has 0 aromatic carbocycles. The Morgan fingerprint density at radius 1 is 1.32 bits per heavy atom. The third-order valence-electron chi connectivity index (χ3n) is 4.18. The lowest BCUT2D eigenvalue weighted by Gasteiger charge is -2.25. The first-order valence-corrected chi connectivity index (χ1v) is 7.82. The molecule has 1 unspecified atom stereocenters. The van der Waals surface area contributed by atoms with Crippen LogP contribution in [0, 0.1) is 0 Å². The van der Waals surface area contributed by atoms with Gasteiger partial charge in [0.15, 0.2) is 11.2 Å². The Balaban J connectivity index is 2.34. The maximum atomic E-state index is 12.3. The largest absolute Gasteiger partial charge is 0.332 e. The van der Waals surface area contributed by atoms with Crippen LogP contribution in [0.4, 0.5) is 0 Å². The van der Waals surface area contributed by atoms with Crippen LogP contribution in [-0.4, -0.2) is 49.1 Å². The van der Waals surface area contributed by atoms with E-state index in [9.17, 15) is 9.59 Å². The highest BCUT2D eigenvalue weighted by atomic mass is 35.5. The number of aryl methyl sites for hydroxylation is 1. The van der Waals surface area contributed by atoms with Crippen LogP contribution in [0.2, 0.25) is 0 Å². The topological polar surface area (TPSA) is 65.1 Å². The summed E-state index contributed by atoms with van der Waals surface area (Å²) >= 11 is 5.95. The molecule has 2 aromatic rings. The minimum Gasteiger partial charge on any atom is -0.323 e. The molecule has 0 fully saturated rings. The van der Waals surface area contributed by atoms with E-state index < -0.39 is 0 Å². The van der Waals surface area contributed by atoms with Gasteiger partial charge in [0.05, 0.1) is 6.33 Å². The lowest BCUT2D eigenvalue weighted by molar-refractivity contribution is 0.246. The summed E-state index contributed by atoms with van der Waals surface area (Å²) in [5, 5.41) is 0. The summed E-state index contributed by atoms with van der Waals surface area (Å²) in [5.41, 5.74) is 0.188. The fourth-order valence-corrected chi connectivity index (χ4v) is 3.01. The monoisotopic (exact) mass is 327 g/mol. The maximum absolute atomic E-state index is 12.3. The lowest BCUT2D eigenvalue weighted by Crippen LogP contribution is -2.38. The smallest absolute Gasteiger partial charge is 0.323 e. The van der Waals surface area contributed by atoms with E-state index >= 15 is 0 Å². The highest BCUT2D eigenvalue weighted by molar-refractivity contribution is 6.18. The number of rotatable bonds is 6. The molecule has 0 spiro atoms. The first-order chi connectivity index (χ1) is 10.4. The quantitative estimate of drug-likeness (QED) is 0.720. The number of hydrogen-bond acceptors (Lipinski definition) is 4. The van der Waals surface area contributed by atoms with Gasteiger partial charge in [-0.25, -0.2) is 9.78 Å². The molecule has 122 valence electrons. The van der Waals surface area contributed by atoms with Crippen molar-refractivity contribution in [2.45, 2.75) is 25.9 Å². The molecule has 7 nitrogen and oxygen atoms in total. The second kappa shape index (κ2) is 6.66. The molecule has 0 aliphatic rings. The van der Waals surface area contributed by atoms with Gasteiger partial charge >= 0.3 is 5.69 Å². The zero-order valence-corrected chi connectivity index (χ0v) is 14.2. The van der Waals surface area contributed by atoms with Gasteiger partial charge in [0.1, 0.15) is 0 Å². The highest BCUT2D eigenvalue weighted by Gasteiger charge is 2.16. The van der Waals surface area contributed by atoms with E-state index in [0.717, 1.165) is 17.5 Å². The van der Waals surface area contributed by atoms with Gasteiger partial charge in [-0.1, -0.05) is 6.92 Å². The molecule has 0 radical (unpaired) electrons. The van der Waals surface area contributed by atoms with Gasteiger partial charge in [-0.05, 0) is 13.5 Å². The summed E-state index contributed by atoms with van der Waals surface area (Å²) in [6.45, 7) is 3.47. The van der Waals surface area contributed by atoms with Gasteiger partial charge < -0.3 is 9.47 Å². The van der Waals surface area contributed by atoms with Gasteiger partial charge in [0.25, 0.3) is 5.56 Å². The Kier molecular flexibility index (Phi) is 5.08. The van der Waals surface area contributed by atoms with Crippen molar-refractivity contribution in [3.05, 3.63) is 27.2 Å². The average molecular weight is 328 g/mol. The molecule has 2 rings (SSSR count). The first-order valence-electron chi connectivity index (χ1n) is 7.29. The molecule has 2 aromatic heterocycles. The number of aromatic nitrogens is 4. The number of nitrogens with zero attached hydrogens (tertiary/aromatic N) is 5. The van der Waals surface area contributed by atoms with E-state index in [1.54, 1.807) is 17.9 Å². The van der Waals surface area contributed by atoms with Crippen LogP contribution in [-0.2, 0) is 20.6 Å². The normalized spacial score (nSPS) is 13.2. The first kappa shape index (κ1) is 16.8. The highest BCUT2D eigenvalue weighted by Crippen LogP contribution is 2.08. The number of alkyl halides is 1. The van der Waals surface area contributed by atoms with E-state index in [1.165, 1.54) is 11.6 Å². The van der Waals surface area contributed by atoms with Crippen LogP contribution in [0.15, 0.2) is 15.9 Å². The predicted octanol–water partition coefficient (Wildman–Crippen LogP) is 0.383. The van der Waals surface area contributed by atoms with Crippen LogP contribution in [0.1, 0.15) is 13.3 Å². The van der Waals surface area contributed by atoms with Crippen molar-refractivity contribution < 1.29 is 0 Å². The third kappa shape index (κ3) is 2.83. The van der Waals surface area contributed by atoms with Crippen LogP contribution in [0.5, 0.6) is 0 Å². The number of imidazole rings is 1. The Labute approximate surface area is 133 Å². The minimum absolute atomic E-state index is 0.309. The molecular formula is C14H22ClN5O2. The average Bonchev–Trinajstić information content (AvgIpc) is 2.94. The Hall–Kier alpha value is -1.60. The van der Waals surface area contributed by atoms with Gasteiger partial charge in [-0.3, -0.25) is 13.9 Å². The van der Waals surface area contributed by atoms with Gasteiger partial charge in [-0.15, -0.1) is 11.6 Å². The van der Waals surface area contributed by atoms with Gasteiger partial charge in [0.2, 0.25) is 0 Å². The van der Waals surface area contributed by atoms with E-state index in [0.29, 0.717) is 29.6 Å². The summed E-state index contributed by atoms with van der Waals surface area (Å²) < 4.78 is 4.30. The van der Waals surface area contributed by atoms with Crippen LogP contribution >= 0.6 is 11.6 Å². The van der Waals surface area contributed by atoms with E-state index in [1.807, 2.05) is 7.05 Å². The molecule has 0 bridgehead atoms. The van der Waals surface area contributed by atoms with Crippen molar-refractivity contribution in [3.8, 4) is 0 Å². The number of halogens is 1. The molecule has 0 saturated carbocycles. The van der Waals surface area contributed by atoms with Crippen LogP contribution in [0.3, 0.4) is 0 Å². The fraction of sp³-hybridized carbons (Fsp3) is 0.643. The van der Waals surface area contributed by atoms with E-state index in [4.69, 9.17) is 11.6 Å². The van der Waals surface area contributed by atoms with Crippen LogP contribution in [0.25, 0.3) is 11.2 Å². The zero-order chi connectivity index (χ0) is 16.4. The molecule has 0 saturated heterocycles. The summed E-state index contributed by atoms with van der Waals surface area (Å²) in [4.78, 5) is 30.6. The van der Waals surface area contributed by atoms with Crippen molar-refractivity contribution in [1.82, 2.24) is 23.6 Å². The number of hydrogen-bond donors (Lipinski definition) is 0. The molecule has 8 heteroatoms. The molecule has 0 aliphatic carbocycles. The summed E-state index contributed by atoms with van der Waals surface area (Å²) in [6.07, 6.45) is 2.59. The molecule has 0 aliphatic heterocycles. The number of fused-ring (bicyclic) bond motifs is 1. The van der Waals surface area contributed by atoms with Crippen molar-refractivity contribution in [1.29, 1.82) is 0 Å². The molecule has 0 amide bonds. The standard InChI is InChI=1S/C14H22ClN5O2/c1-5-10(8-15)17(2)6-7-20-9-16-12-11(20)13(21)19(4)14(22)18(12)3/h9-10H,5-8H2,1-4H3. The lowest BCUT2D eigenvalue weighted by atomic mass is 10.2. The summed E-state index contributed by atoms with van der Waals surface area (Å²) in [6, 6.07) is 0.309. The zero-order valence-electron chi connectivity index (χ0n) is 13.4. The molecule has 1 atom stereocenters.